The number of hydrogen-bond acceptors (Lipinski definition) is 3. The molecule has 1 N–H and O–H groups in total. The lowest BCUT2D eigenvalue weighted by atomic mass is 10.0. The maximum Gasteiger partial charge on any atom is 0.149 e. The molecule has 3 aliphatic rings. The normalized spacial score (nSPS) is 20.1. The van der Waals surface area contributed by atoms with E-state index in [0.717, 1.165) is 6.04 Å². The van der Waals surface area contributed by atoms with Gasteiger partial charge in [0, 0.05) is 6.04 Å². The number of nitrogens with zero attached hydrogens (tertiary/aromatic N) is 1. The highest BCUT2D eigenvalue weighted by atomic mass is 16.5. The Labute approximate surface area is 102 Å². The lowest BCUT2D eigenvalue weighted by Gasteiger charge is -2.21. The first-order chi connectivity index (χ1) is 8.35. The third kappa shape index (κ3) is 2.78. The summed E-state index contributed by atoms with van der Waals surface area (Å²) in [5.41, 5.74) is 0.678. The standard InChI is InChI=1S/C7H3NO.C7H15N/c8-4-5-6-2-1-3-7(5)9-6;1-2-7-5-3-4-6-8-7/h1-3H;7-8H,2-6H2,1H3. The topological polar surface area (TPSA) is 45.0 Å². The van der Waals surface area contributed by atoms with Crippen LogP contribution in [0.4, 0.5) is 0 Å². The van der Waals surface area contributed by atoms with Crippen LogP contribution in [0.25, 0.3) is 0 Å². The van der Waals surface area contributed by atoms with Gasteiger partial charge in [-0.3, -0.25) is 0 Å². The van der Waals surface area contributed by atoms with E-state index in [1.54, 1.807) is 12.1 Å². The van der Waals surface area contributed by atoms with E-state index in [2.05, 4.69) is 12.2 Å². The molecule has 2 bridgehead atoms. The van der Waals surface area contributed by atoms with Gasteiger partial charge in [0.25, 0.3) is 0 Å². The summed E-state index contributed by atoms with van der Waals surface area (Å²) in [7, 11) is 0. The zero-order valence-electron chi connectivity index (χ0n) is 10.2. The Kier molecular flexibility index (Phi) is 4.00. The lowest BCUT2D eigenvalue weighted by molar-refractivity contribution is 0.393. The molecule has 17 heavy (non-hydrogen) atoms. The number of nitrogens with one attached hydrogen (secondary N) is 1. The number of rotatable bonds is 1. The molecule has 0 radical (unpaired) electrons. The van der Waals surface area contributed by atoms with Gasteiger partial charge < -0.3 is 10.1 Å². The molecule has 0 saturated carbocycles. The van der Waals surface area contributed by atoms with Crippen molar-refractivity contribution in [1.29, 1.82) is 5.26 Å². The molecular formula is C14H18N2O. The van der Waals surface area contributed by atoms with Crippen LogP contribution in [-0.2, 0) is 0 Å². The van der Waals surface area contributed by atoms with Gasteiger partial charge in [-0.2, -0.15) is 5.26 Å². The molecule has 90 valence electrons. The van der Waals surface area contributed by atoms with Gasteiger partial charge >= 0.3 is 0 Å². The maximum absolute atomic E-state index is 8.43. The minimum absolute atomic E-state index is 0.678. The summed E-state index contributed by atoms with van der Waals surface area (Å²) in [6.45, 7) is 3.50. The Morgan fingerprint density at radius 1 is 1.41 bits per heavy atom. The predicted molar refractivity (Wildman–Crippen MR) is 67.2 cm³/mol. The van der Waals surface area contributed by atoms with Gasteiger partial charge in [-0.05, 0) is 37.9 Å². The van der Waals surface area contributed by atoms with E-state index in [-0.39, 0.29) is 0 Å². The molecule has 1 atom stereocenters. The Morgan fingerprint density at radius 2 is 2.18 bits per heavy atom. The second-order valence-corrected chi connectivity index (χ2v) is 4.40. The van der Waals surface area contributed by atoms with Gasteiger partial charge in [-0.1, -0.05) is 19.4 Å². The Balaban J connectivity index is 0.000000128. The molecule has 3 heterocycles. The third-order valence-corrected chi connectivity index (χ3v) is 3.22. The minimum atomic E-state index is 0.678. The summed E-state index contributed by atoms with van der Waals surface area (Å²) in [4.78, 5) is 0. The van der Waals surface area contributed by atoms with Crippen LogP contribution >= 0.6 is 0 Å². The van der Waals surface area contributed by atoms with Crippen molar-refractivity contribution in [1.82, 2.24) is 5.32 Å². The summed E-state index contributed by atoms with van der Waals surface area (Å²) in [6, 6.07) is 8.31. The highest BCUT2D eigenvalue weighted by Crippen LogP contribution is 2.40. The molecule has 3 heteroatoms. The predicted octanol–water partition coefficient (Wildman–Crippen LogP) is 3.20. The molecular weight excluding hydrogens is 212 g/mol. The molecule has 0 aliphatic carbocycles. The van der Waals surface area contributed by atoms with Crippen molar-refractivity contribution in [3.05, 3.63) is 23.8 Å². The van der Waals surface area contributed by atoms with Crippen molar-refractivity contribution in [3.8, 4) is 17.6 Å². The number of benzene rings is 1. The van der Waals surface area contributed by atoms with Crippen LogP contribution in [0.5, 0.6) is 11.5 Å². The molecule has 1 unspecified atom stereocenters. The Hall–Kier alpha value is -1.53. The fraction of sp³-hybridized carbons (Fsp3) is 0.500. The van der Waals surface area contributed by atoms with Crippen molar-refractivity contribution >= 4 is 0 Å². The van der Waals surface area contributed by atoms with Gasteiger partial charge in [0.15, 0.2) is 0 Å². The molecule has 0 aromatic heterocycles. The second kappa shape index (κ2) is 5.70. The first-order valence-corrected chi connectivity index (χ1v) is 6.29. The van der Waals surface area contributed by atoms with Crippen LogP contribution < -0.4 is 10.1 Å². The smallest absolute Gasteiger partial charge is 0.149 e. The number of hydrogen-bond donors (Lipinski definition) is 1. The summed E-state index contributed by atoms with van der Waals surface area (Å²) < 4.78 is 5.01. The largest absolute Gasteiger partial charge is 0.454 e. The second-order valence-electron chi connectivity index (χ2n) is 4.40. The van der Waals surface area contributed by atoms with Crippen LogP contribution in [0.1, 0.15) is 38.2 Å². The SMILES string of the molecule is CCC1CCCCN1.N#Cc1c2cccc1O2. The van der Waals surface area contributed by atoms with E-state index in [1.807, 2.05) is 12.1 Å². The molecule has 3 aliphatic heterocycles. The van der Waals surface area contributed by atoms with Crippen LogP contribution in [0, 0.1) is 11.3 Å². The zero-order chi connectivity index (χ0) is 12.1. The van der Waals surface area contributed by atoms with Crippen molar-refractivity contribution in [2.75, 3.05) is 6.54 Å². The molecule has 1 fully saturated rings. The molecule has 4 rings (SSSR count). The quantitative estimate of drug-likeness (QED) is 0.818. The van der Waals surface area contributed by atoms with E-state index < -0.39 is 0 Å². The van der Waals surface area contributed by atoms with E-state index in [4.69, 9.17) is 10.00 Å². The van der Waals surface area contributed by atoms with E-state index in [0.29, 0.717) is 17.1 Å². The summed E-state index contributed by atoms with van der Waals surface area (Å²) >= 11 is 0. The number of ether oxygens (including phenoxy) is 1. The van der Waals surface area contributed by atoms with Crippen molar-refractivity contribution in [2.24, 2.45) is 0 Å². The van der Waals surface area contributed by atoms with Gasteiger partial charge in [-0.15, -0.1) is 0 Å². The Morgan fingerprint density at radius 3 is 2.53 bits per heavy atom. The minimum Gasteiger partial charge on any atom is -0.454 e. The third-order valence-electron chi connectivity index (χ3n) is 3.22. The van der Waals surface area contributed by atoms with E-state index in [1.165, 1.54) is 32.2 Å². The monoisotopic (exact) mass is 230 g/mol. The van der Waals surface area contributed by atoms with E-state index >= 15 is 0 Å². The molecule has 3 nitrogen and oxygen atoms in total. The fourth-order valence-corrected chi connectivity index (χ4v) is 2.14. The highest BCUT2D eigenvalue weighted by Gasteiger charge is 2.19. The lowest BCUT2D eigenvalue weighted by Crippen LogP contribution is -2.32. The first kappa shape index (κ1) is 11.9. The fourth-order valence-electron chi connectivity index (χ4n) is 2.14. The zero-order valence-corrected chi connectivity index (χ0v) is 10.2. The molecule has 1 saturated heterocycles. The van der Waals surface area contributed by atoms with Crippen molar-refractivity contribution in [2.45, 2.75) is 38.6 Å². The van der Waals surface area contributed by atoms with Gasteiger partial charge in [0.1, 0.15) is 23.1 Å². The van der Waals surface area contributed by atoms with Gasteiger partial charge in [-0.25, -0.2) is 0 Å². The van der Waals surface area contributed by atoms with Gasteiger partial charge in [0.2, 0.25) is 0 Å². The number of nitriles is 1. The Bertz CT molecular complexity index is 396. The van der Waals surface area contributed by atoms with Crippen LogP contribution in [-0.4, -0.2) is 12.6 Å². The average Bonchev–Trinajstić information content (AvgIpc) is 2.42. The summed E-state index contributed by atoms with van der Waals surface area (Å²) in [5.74, 6) is 1.41. The molecule has 0 spiro atoms. The number of piperidine rings is 1. The first-order valence-electron chi connectivity index (χ1n) is 6.29. The maximum atomic E-state index is 8.43. The van der Waals surface area contributed by atoms with E-state index in [9.17, 15) is 0 Å². The number of fused-ring (bicyclic) bond motifs is 2. The molecule has 1 aromatic carbocycles. The average molecular weight is 230 g/mol. The summed E-state index contributed by atoms with van der Waals surface area (Å²) in [6.07, 6.45) is 5.53. The van der Waals surface area contributed by atoms with Gasteiger partial charge in [0.05, 0.1) is 0 Å². The van der Waals surface area contributed by atoms with Crippen molar-refractivity contribution < 1.29 is 4.74 Å². The van der Waals surface area contributed by atoms with Crippen LogP contribution in [0.2, 0.25) is 0 Å². The molecule has 1 aromatic rings. The highest BCUT2D eigenvalue weighted by molar-refractivity contribution is 5.61. The van der Waals surface area contributed by atoms with Crippen LogP contribution in [0.3, 0.4) is 0 Å². The van der Waals surface area contributed by atoms with Crippen molar-refractivity contribution in [3.63, 3.8) is 0 Å². The summed E-state index contributed by atoms with van der Waals surface area (Å²) in [5, 5.41) is 11.9. The molecule has 0 amide bonds. The van der Waals surface area contributed by atoms with Crippen LogP contribution in [0.15, 0.2) is 18.2 Å².